The Kier molecular flexibility index (Phi) is 4.59. The summed E-state index contributed by atoms with van der Waals surface area (Å²) in [5, 5.41) is 12.0. The third-order valence-corrected chi connectivity index (χ3v) is 2.73. The van der Waals surface area contributed by atoms with Gasteiger partial charge in [-0.3, -0.25) is 4.79 Å². The Bertz CT molecular complexity index is 630. The minimum atomic E-state index is -0.273. The minimum absolute atomic E-state index is 0.0956. The molecule has 1 amide bonds. The number of rotatable bonds is 4. The van der Waals surface area contributed by atoms with Crippen molar-refractivity contribution in [3.05, 3.63) is 59.1 Å². The standard InChI is InChI=1S/C15H11ClN2O2/c16-12-3-7-14(8-4-12)20-10-15(19)18-13-5-1-11(9-17)2-6-13/h1-8H,10H2,(H,18,19). The highest BCUT2D eigenvalue weighted by Gasteiger charge is 2.04. The summed E-state index contributed by atoms with van der Waals surface area (Å²) in [7, 11) is 0. The second-order valence-corrected chi connectivity index (χ2v) is 4.42. The number of carbonyl (C=O) groups is 1. The van der Waals surface area contributed by atoms with E-state index >= 15 is 0 Å². The van der Waals surface area contributed by atoms with Gasteiger partial charge in [-0.05, 0) is 48.5 Å². The van der Waals surface area contributed by atoms with Crippen molar-refractivity contribution in [1.29, 1.82) is 5.26 Å². The maximum atomic E-state index is 11.7. The van der Waals surface area contributed by atoms with Crippen LogP contribution in [0.5, 0.6) is 5.75 Å². The van der Waals surface area contributed by atoms with Gasteiger partial charge in [0.25, 0.3) is 5.91 Å². The van der Waals surface area contributed by atoms with Crippen molar-refractivity contribution in [1.82, 2.24) is 0 Å². The first kappa shape index (κ1) is 13.9. The van der Waals surface area contributed by atoms with Gasteiger partial charge in [0.05, 0.1) is 11.6 Å². The number of amides is 1. The van der Waals surface area contributed by atoms with E-state index in [9.17, 15) is 4.79 Å². The summed E-state index contributed by atoms with van der Waals surface area (Å²) in [6.07, 6.45) is 0. The van der Waals surface area contributed by atoms with E-state index in [-0.39, 0.29) is 12.5 Å². The zero-order valence-corrected chi connectivity index (χ0v) is 11.2. The summed E-state index contributed by atoms with van der Waals surface area (Å²) in [5.74, 6) is 0.300. The molecule has 0 bridgehead atoms. The van der Waals surface area contributed by atoms with Crippen molar-refractivity contribution in [3.63, 3.8) is 0 Å². The molecular formula is C15H11ClN2O2. The lowest BCUT2D eigenvalue weighted by atomic mass is 10.2. The van der Waals surface area contributed by atoms with Gasteiger partial charge in [0, 0.05) is 10.7 Å². The van der Waals surface area contributed by atoms with E-state index in [0.29, 0.717) is 22.0 Å². The summed E-state index contributed by atoms with van der Waals surface area (Å²) in [4.78, 5) is 11.7. The highest BCUT2D eigenvalue weighted by Crippen LogP contribution is 2.15. The Hall–Kier alpha value is -2.51. The summed E-state index contributed by atoms with van der Waals surface area (Å²) in [6.45, 7) is -0.0956. The number of hydrogen-bond acceptors (Lipinski definition) is 3. The number of nitrogens with one attached hydrogen (secondary N) is 1. The number of hydrogen-bond donors (Lipinski definition) is 1. The van der Waals surface area contributed by atoms with Gasteiger partial charge >= 0.3 is 0 Å². The maximum Gasteiger partial charge on any atom is 0.262 e. The molecule has 20 heavy (non-hydrogen) atoms. The molecule has 2 rings (SSSR count). The largest absolute Gasteiger partial charge is 0.484 e. The predicted molar refractivity (Wildman–Crippen MR) is 76.7 cm³/mol. The van der Waals surface area contributed by atoms with E-state index < -0.39 is 0 Å². The molecule has 0 atom stereocenters. The molecule has 0 fully saturated rings. The zero-order valence-electron chi connectivity index (χ0n) is 10.5. The predicted octanol–water partition coefficient (Wildman–Crippen LogP) is 3.23. The van der Waals surface area contributed by atoms with Gasteiger partial charge in [-0.1, -0.05) is 11.6 Å². The fourth-order valence-electron chi connectivity index (χ4n) is 1.50. The number of nitrogens with zero attached hydrogens (tertiary/aromatic N) is 1. The maximum absolute atomic E-state index is 11.7. The van der Waals surface area contributed by atoms with Crippen LogP contribution < -0.4 is 10.1 Å². The molecule has 0 aliphatic carbocycles. The quantitative estimate of drug-likeness (QED) is 0.938. The lowest BCUT2D eigenvalue weighted by molar-refractivity contribution is -0.118. The van der Waals surface area contributed by atoms with Gasteiger partial charge in [0.15, 0.2) is 6.61 Å². The minimum Gasteiger partial charge on any atom is -0.484 e. The molecule has 5 heteroatoms. The fraction of sp³-hybridized carbons (Fsp3) is 0.0667. The van der Waals surface area contributed by atoms with E-state index in [1.807, 2.05) is 6.07 Å². The second-order valence-electron chi connectivity index (χ2n) is 3.98. The molecule has 100 valence electrons. The molecule has 0 aromatic heterocycles. The van der Waals surface area contributed by atoms with Crippen LogP contribution in [-0.4, -0.2) is 12.5 Å². The fourth-order valence-corrected chi connectivity index (χ4v) is 1.63. The Labute approximate surface area is 121 Å². The second kappa shape index (κ2) is 6.60. The molecule has 0 saturated heterocycles. The van der Waals surface area contributed by atoms with Crippen LogP contribution in [0.25, 0.3) is 0 Å². The van der Waals surface area contributed by atoms with Crippen LogP contribution in [-0.2, 0) is 4.79 Å². The normalized spacial score (nSPS) is 9.60. The molecule has 0 unspecified atom stereocenters. The van der Waals surface area contributed by atoms with Crippen LogP contribution in [0, 0.1) is 11.3 Å². The summed E-state index contributed by atoms with van der Waals surface area (Å²) >= 11 is 5.75. The molecule has 0 radical (unpaired) electrons. The number of carbonyl (C=O) groups excluding carboxylic acids is 1. The monoisotopic (exact) mass is 286 g/mol. The van der Waals surface area contributed by atoms with Gasteiger partial charge < -0.3 is 10.1 Å². The van der Waals surface area contributed by atoms with E-state index in [2.05, 4.69) is 5.32 Å². The molecular weight excluding hydrogens is 276 g/mol. The van der Waals surface area contributed by atoms with Crippen molar-refractivity contribution in [2.75, 3.05) is 11.9 Å². The van der Waals surface area contributed by atoms with Crippen LogP contribution >= 0.6 is 11.6 Å². The Balaban J connectivity index is 1.86. The third-order valence-electron chi connectivity index (χ3n) is 2.48. The van der Waals surface area contributed by atoms with Crippen molar-refractivity contribution in [3.8, 4) is 11.8 Å². The molecule has 0 spiro atoms. The van der Waals surface area contributed by atoms with Gasteiger partial charge in [-0.25, -0.2) is 0 Å². The van der Waals surface area contributed by atoms with E-state index in [0.717, 1.165) is 0 Å². The van der Waals surface area contributed by atoms with E-state index in [4.69, 9.17) is 21.6 Å². The number of ether oxygens (including phenoxy) is 1. The third kappa shape index (κ3) is 4.01. The van der Waals surface area contributed by atoms with Crippen LogP contribution in [0.15, 0.2) is 48.5 Å². The summed E-state index contributed by atoms with van der Waals surface area (Å²) < 4.78 is 5.32. The SMILES string of the molecule is N#Cc1ccc(NC(=O)COc2ccc(Cl)cc2)cc1. The van der Waals surface area contributed by atoms with Crippen molar-refractivity contribution in [2.24, 2.45) is 0 Å². The average Bonchev–Trinajstić information content (AvgIpc) is 2.47. The summed E-state index contributed by atoms with van der Waals surface area (Å²) in [5.41, 5.74) is 1.16. The van der Waals surface area contributed by atoms with Crippen molar-refractivity contribution in [2.45, 2.75) is 0 Å². The average molecular weight is 287 g/mol. The number of benzene rings is 2. The van der Waals surface area contributed by atoms with Gasteiger partial charge in [-0.15, -0.1) is 0 Å². The molecule has 0 saturated carbocycles. The first-order valence-corrected chi connectivity index (χ1v) is 6.23. The van der Waals surface area contributed by atoms with Crippen LogP contribution in [0.2, 0.25) is 5.02 Å². The van der Waals surface area contributed by atoms with Crippen molar-refractivity contribution < 1.29 is 9.53 Å². The Morgan fingerprint density at radius 2 is 1.80 bits per heavy atom. The van der Waals surface area contributed by atoms with E-state index in [1.165, 1.54) is 0 Å². The number of anilines is 1. The molecule has 4 nitrogen and oxygen atoms in total. The topological polar surface area (TPSA) is 62.1 Å². The molecule has 2 aromatic carbocycles. The smallest absolute Gasteiger partial charge is 0.262 e. The van der Waals surface area contributed by atoms with Gasteiger partial charge in [0.1, 0.15) is 5.75 Å². The Morgan fingerprint density at radius 1 is 1.15 bits per heavy atom. The molecule has 0 aliphatic rings. The van der Waals surface area contributed by atoms with Crippen LogP contribution in [0.1, 0.15) is 5.56 Å². The van der Waals surface area contributed by atoms with Crippen molar-refractivity contribution >= 4 is 23.2 Å². The lowest BCUT2D eigenvalue weighted by Gasteiger charge is -2.07. The first-order chi connectivity index (χ1) is 9.67. The van der Waals surface area contributed by atoms with Crippen LogP contribution in [0.4, 0.5) is 5.69 Å². The molecule has 0 aliphatic heterocycles. The number of nitriles is 1. The first-order valence-electron chi connectivity index (χ1n) is 5.86. The molecule has 1 N–H and O–H groups in total. The molecule has 2 aromatic rings. The van der Waals surface area contributed by atoms with E-state index in [1.54, 1.807) is 48.5 Å². The number of halogens is 1. The Morgan fingerprint density at radius 3 is 2.40 bits per heavy atom. The zero-order chi connectivity index (χ0) is 14.4. The van der Waals surface area contributed by atoms with Gasteiger partial charge in [0.2, 0.25) is 0 Å². The van der Waals surface area contributed by atoms with Crippen LogP contribution in [0.3, 0.4) is 0 Å². The van der Waals surface area contributed by atoms with Gasteiger partial charge in [-0.2, -0.15) is 5.26 Å². The summed E-state index contributed by atoms with van der Waals surface area (Å²) in [6, 6.07) is 15.4. The highest BCUT2D eigenvalue weighted by molar-refractivity contribution is 6.30. The molecule has 0 heterocycles. The highest BCUT2D eigenvalue weighted by atomic mass is 35.5. The lowest BCUT2D eigenvalue weighted by Crippen LogP contribution is -2.20.